The zero-order valence-corrected chi connectivity index (χ0v) is 13.5. The standard InChI is InChI=1S/C15H20BrN3O2/c16-13-3-1-2-11(10-18-12-4-5-12)14(13)21-9-8-19-7-6-17-15(19)20/h1-3,12,18H,4-10H2,(H,17,20). The van der Waals surface area contributed by atoms with Crippen molar-refractivity contribution in [3.05, 3.63) is 28.2 Å². The average Bonchev–Trinajstić information content (AvgIpc) is 3.22. The highest BCUT2D eigenvalue weighted by Crippen LogP contribution is 2.30. The van der Waals surface area contributed by atoms with Crippen LogP contribution in [-0.2, 0) is 6.54 Å². The lowest BCUT2D eigenvalue weighted by molar-refractivity contribution is 0.202. The number of para-hydroxylation sites is 1. The van der Waals surface area contributed by atoms with Crippen LogP contribution in [0.1, 0.15) is 18.4 Å². The minimum Gasteiger partial charge on any atom is -0.490 e. The molecule has 0 unspecified atom stereocenters. The molecule has 114 valence electrons. The SMILES string of the molecule is O=C1NCCN1CCOc1c(Br)cccc1CNC1CC1. The van der Waals surface area contributed by atoms with Gasteiger partial charge in [-0.2, -0.15) is 0 Å². The van der Waals surface area contributed by atoms with E-state index in [9.17, 15) is 4.79 Å². The van der Waals surface area contributed by atoms with Gasteiger partial charge in [-0.1, -0.05) is 12.1 Å². The molecule has 1 aliphatic carbocycles. The number of benzene rings is 1. The molecule has 1 aromatic rings. The van der Waals surface area contributed by atoms with Gasteiger partial charge in [0.15, 0.2) is 0 Å². The average molecular weight is 354 g/mol. The van der Waals surface area contributed by atoms with Crippen LogP contribution in [0.15, 0.2) is 22.7 Å². The molecule has 5 nitrogen and oxygen atoms in total. The van der Waals surface area contributed by atoms with Gasteiger partial charge in [0.1, 0.15) is 12.4 Å². The normalized spacial score (nSPS) is 18.0. The van der Waals surface area contributed by atoms with Crippen LogP contribution >= 0.6 is 15.9 Å². The molecule has 1 heterocycles. The third-order valence-corrected chi connectivity index (χ3v) is 4.38. The third kappa shape index (κ3) is 3.89. The van der Waals surface area contributed by atoms with Crippen molar-refractivity contribution in [2.24, 2.45) is 0 Å². The summed E-state index contributed by atoms with van der Waals surface area (Å²) in [6, 6.07) is 6.76. The van der Waals surface area contributed by atoms with Crippen molar-refractivity contribution in [3.8, 4) is 5.75 Å². The monoisotopic (exact) mass is 353 g/mol. The van der Waals surface area contributed by atoms with E-state index in [1.54, 1.807) is 4.90 Å². The fourth-order valence-corrected chi connectivity index (χ4v) is 2.90. The summed E-state index contributed by atoms with van der Waals surface area (Å²) < 4.78 is 6.88. The highest BCUT2D eigenvalue weighted by atomic mass is 79.9. The number of rotatable bonds is 7. The van der Waals surface area contributed by atoms with E-state index >= 15 is 0 Å². The van der Waals surface area contributed by atoms with Crippen LogP contribution in [0.2, 0.25) is 0 Å². The summed E-state index contributed by atoms with van der Waals surface area (Å²) in [5, 5.41) is 6.30. The first kappa shape index (κ1) is 14.7. The fraction of sp³-hybridized carbons (Fsp3) is 0.533. The van der Waals surface area contributed by atoms with Crippen molar-refractivity contribution in [1.29, 1.82) is 0 Å². The fourth-order valence-electron chi connectivity index (χ4n) is 2.38. The maximum atomic E-state index is 11.5. The van der Waals surface area contributed by atoms with Crippen molar-refractivity contribution in [3.63, 3.8) is 0 Å². The maximum Gasteiger partial charge on any atom is 0.317 e. The highest BCUT2D eigenvalue weighted by Gasteiger charge is 2.21. The van der Waals surface area contributed by atoms with E-state index in [1.165, 1.54) is 12.8 Å². The molecule has 21 heavy (non-hydrogen) atoms. The molecule has 0 bridgehead atoms. The quantitative estimate of drug-likeness (QED) is 0.789. The summed E-state index contributed by atoms with van der Waals surface area (Å²) in [6.07, 6.45) is 2.54. The van der Waals surface area contributed by atoms with Crippen LogP contribution in [0, 0.1) is 0 Å². The lowest BCUT2D eigenvalue weighted by Crippen LogP contribution is -2.32. The molecule has 2 amide bonds. The Morgan fingerprint density at radius 2 is 2.29 bits per heavy atom. The first-order chi connectivity index (χ1) is 10.2. The zero-order chi connectivity index (χ0) is 14.7. The second-order valence-electron chi connectivity index (χ2n) is 5.45. The van der Waals surface area contributed by atoms with Crippen LogP contribution < -0.4 is 15.4 Å². The van der Waals surface area contributed by atoms with Gasteiger partial charge in [0.25, 0.3) is 0 Å². The zero-order valence-electron chi connectivity index (χ0n) is 11.9. The van der Waals surface area contributed by atoms with Gasteiger partial charge < -0.3 is 20.3 Å². The van der Waals surface area contributed by atoms with Gasteiger partial charge >= 0.3 is 6.03 Å². The largest absolute Gasteiger partial charge is 0.490 e. The molecule has 3 rings (SSSR count). The van der Waals surface area contributed by atoms with E-state index in [0.29, 0.717) is 19.2 Å². The van der Waals surface area contributed by atoms with Crippen LogP contribution in [0.25, 0.3) is 0 Å². The van der Waals surface area contributed by atoms with Gasteiger partial charge in [-0.05, 0) is 34.8 Å². The molecule has 1 aliphatic heterocycles. The maximum absolute atomic E-state index is 11.5. The Labute approximate surface area is 133 Å². The summed E-state index contributed by atoms with van der Waals surface area (Å²) in [6.45, 7) is 3.43. The molecule has 1 saturated carbocycles. The molecular formula is C15H20BrN3O2. The van der Waals surface area contributed by atoms with E-state index < -0.39 is 0 Å². The number of urea groups is 1. The van der Waals surface area contributed by atoms with E-state index in [1.807, 2.05) is 12.1 Å². The molecule has 2 fully saturated rings. The van der Waals surface area contributed by atoms with Crippen LogP contribution in [0.5, 0.6) is 5.75 Å². The first-order valence-electron chi connectivity index (χ1n) is 7.40. The Morgan fingerprint density at radius 3 is 3.00 bits per heavy atom. The minimum atomic E-state index is 0.00125. The first-order valence-corrected chi connectivity index (χ1v) is 8.19. The molecule has 6 heteroatoms. The molecule has 0 radical (unpaired) electrons. The number of hydrogen-bond acceptors (Lipinski definition) is 3. The summed E-state index contributed by atoms with van der Waals surface area (Å²) in [4.78, 5) is 13.3. The molecule has 2 N–H and O–H groups in total. The molecule has 0 spiro atoms. The number of carbonyl (C=O) groups is 1. The number of carbonyl (C=O) groups excluding carboxylic acids is 1. The van der Waals surface area contributed by atoms with Gasteiger partial charge in [-0.3, -0.25) is 0 Å². The topological polar surface area (TPSA) is 53.6 Å². The Bertz CT molecular complexity index is 520. The number of halogens is 1. The minimum absolute atomic E-state index is 0.00125. The van der Waals surface area contributed by atoms with E-state index in [2.05, 4.69) is 32.6 Å². The smallest absolute Gasteiger partial charge is 0.317 e. The predicted octanol–water partition coefficient (Wildman–Crippen LogP) is 2.11. The summed E-state index contributed by atoms with van der Waals surface area (Å²) in [5.41, 5.74) is 1.15. The Balaban J connectivity index is 1.56. The Morgan fingerprint density at radius 1 is 1.43 bits per heavy atom. The lowest BCUT2D eigenvalue weighted by Gasteiger charge is -2.17. The Kier molecular flexibility index (Phi) is 4.65. The Hall–Kier alpha value is -1.27. The van der Waals surface area contributed by atoms with Gasteiger partial charge in [0, 0.05) is 31.2 Å². The van der Waals surface area contributed by atoms with Crippen molar-refractivity contribution in [2.45, 2.75) is 25.4 Å². The van der Waals surface area contributed by atoms with Crippen molar-refractivity contribution < 1.29 is 9.53 Å². The molecule has 1 aromatic carbocycles. The van der Waals surface area contributed by atoms with Gasteiger partial charge in [-0.25, -0.2) is 4.79 Å². The van der Waals surface area contributed by atoms with Crippen LogP contribution in [0.4, 0.5) is 4.79 Å². The molecule has 0 aromatic heterocycles. The van der Waals surface area contributed by atoms with Crippen molar-refractivity contribution in [2.75, 3.05) is 26.2 Å². The highest BCUT2D eigenvalue weighted by molar-refractivity contribution is 9.10. The number of nitrogens with one attached hydrogen (secondary N) is 2. The van der Waals surface area contributed by atoms with Crippen LogP contribution in [0.3, 0.4) is 0 Å². The number of nitrogens with zero attached hydrogens (tertiary/aromatic N) is 1. The van der Waals surface area contributed by atoms with E-state index in [4.69, 9.17) is 4.74 Å². The van der Waals surface area contributed by atoms with Gasteiger partial charge in [0.2, 0.25) is 0 Å². The van der Waals surface area contributed by atoms with Crippen LogP contribution in [-0.4, -0.2) is 43.2 Å². The summed E-state index contributed by atoms with van der Waals surface area (Å²) in [5.74, 6) is 0.880. The predicted molar refractivity (Wildman–Crippen MR) is 84.5 cm³/mol. The third-order valence-electron chi connectivity index (χ3n) is 3.76. The van der Waals surface area contributed by atoms with Crippen molar-refractivity contribution >= 4 is 22.0 Å². The number of ether oxygens (including phenoxy) is 1. The molecule has 0 atom stereocenters. The summed E-state index contributed by atoms with van der Waals surface area (Å²) in [7, 11) is 0. The van der Waals surface area contributed by atoms with Gasteiger partial charge in [-0.15, -0.1) is 0 Å². The molecule has 1 saturated heterocycles. The van der Waals surface area contributed by atoms with E-state index in [0.717, 1.165) is 35.4 Å². The second-order valence-corrected chi connectivity index (χ2v) is 6.31. The van der Waals surface area contributed by atoms with Crippen molar-refractivity contribution in [1.82, 2.24) is 15.5 Å². The second kappa shape index (κ2) is 6.66. The number of hydrogen-bond donors (Lipinski definition) is 2. The number of amides is 2. The summed E-state index contributed by atoms with van der Waals surface area (Å²) >= 11 is 3.55. The lowest BCUT2D eigenvalue weighted by atomic mass is 10.2. The van der Waals surface area contributed by atoms with E-state index in [-0.39, 0.29) is 6.03 Å². The molecule has 2 aliphatic rings. The molecular weight excluding hydrogens is 334 g/mol. The van der Waals surface area contributed by atoms with Gasteiger partial charge in [0.05, 0.1) is 11.0 Å².